The van der Waals surface area contributed by atoms with Crippen LogP contribution in [0.1, 0.15) is 91.7 Å². The lowest BCUT2D eigenvalue weighted by atomic mass is 9.63. The van der Waals surface area contributed by atoms with Gasteiger partial charge in [-0.1, -0.05) is 72.8 Å². The third kappa shape index (κ3) is 3.28. The molecule has 0 unspecified atom stereocenters. The minimum absolute atomic E-state index is 0.402. The van der Waals surface area contributed by atoms with Gasteiger partial charge in [-0.2, -0.15) is 0 Å². The lowest BCUT2D eigenvalue weighted by Gasteiger charge is -2.38. The van der Waals surface area contributed by atoms with E-state index in [-0.39, 0.29) is 0 Å². The molecule has 222 valence electrons. The summed E-state index contributed by atoms with van der Waals surface area (Å²) in [6.07, 6.45) is 5.07. The molecule has 0 saturated heterocycles. The molecule has 45 heavy (non-hydrogen) atoms. The summed E-state index contributed by atoms with van der Waals surface area (Å²) in [5.74, 6) is 0. The molecular formula is C45H42. The molecule has 6 aromatic carbocycles. The summed E-state index contributed by atoms with van der Waals surface area (Å²) in [5, 5.41) is 8.04. The largest absolute Gasteiger partial charge is 0.0658 e. The molecule has 0 atom stereocenters. The van der Waals surface area contributed by atoms with Gasteiger partial charge in [0, 0.05) is 0 Å². The zero-order valence-electron chi connectivity index (χ0n) is 28.4. The summed E-state index contributed by atoms with van der Waals surface area (Å²) in [6, 6.07) is 22.9. The maximum Gasteiger partial charge on any atom is 0.0658 e. The van der Waals surface area contributed by atoms with Gasteiger partial charge < -0.3 is 0 Å². The molecule has 0 saturated carbocycles. The van der Waals surface area contributed by atoms with Crippen molar-refractivity contribution in [2.45, 2.75) is 74.7 Å². The lowest BCUT2D eigenvalue weighted by Crippen LogP contribution is -2.31. The summed E-state index contributed by atoms with van der Waals surface area (Å²) in [7, 11) is 0. The molecule has 0 nitrogen and oxygen atoms in total. The van der Waals surface area contributed by atoms with Gasteiger partial charge in [0.1, 0.15) is 0 Å². The normalized spacial score (nSPS) is 14.9. The summed E-state index contributed by atoms with van der Waals surface area (Å²) in [5.41, 5.74) is 22.4. The molecular weight excluding hydrogens is 540 g/mol. The summed E-state index contributed by atoms with van der Waals surface area (Å²) in [4.78, 5) is 0. The lowest BCUT2D eigenvalue weighted by molar-refractivity contribution is 0.767. The Morgan fingerprint density at radius 1 is 0.400 bits per heavy atom. The molecule has 0 heteroatoms. The number of hydrogen-bond acceptors (Lipinski definition) is 0. The molecule has 2 aliphatic carbocycles. The first-order valence-corrected chi connectivity index (χ1v) is 16.5. The maximum atomic E-state index is 2.59. The van der Waals surface area contributed by atoms with E-state index in [9.17, 15) is 0 Å². The van der Waals surface area contributed by atoms with Gasteiger partial charge in [-0.15, -0.1) is 0 Å². The first kappa shape index (κ1) is 28.1. The van der Waals surface area contributed by atoms with Crippen LogP contribution in [0.15, 0.2) is 66.7 Å². The molecule has 8 rings (SSSR count). The van der Waals surface area contributed by atoms with Crippen LogP contribution >= 0.6 is 0 Å². The van der Waals surface area contributed by atoms with Crippen LogP contribution in [0.3, 0.4) is 0 Å². The van der Waals surface area contributed by atoms with Crippen LogP contribution in [0.25, 0.3) is 49.5 Å². The van der Waals surface area contributed by atoms with Crippen LogP contribution in [0.2, 0.25) is 0 Å². The van der Waals surface area contributed by atoms with Crippen LogP contribution in [-0.4, -0.2) is 0 Å². The second-order valence-electron chi connectivity index (χ2n) is 13.9. The number of benzene rings is 6. The second-order valence-corrected chi connectivity index (χ2v) is 13.9. The number of rotatable bonds is 0. The highest BCUT2D eigenvalue weighted by molar-refractivity contribution is 6.27. The third-order valence-corrected chi connectivity index (χ3v) is 12.4. The van der Waals surface area contributed by atoms with E-state index in [1.807, 2.05) is 0 Å². The Morgan fingerprint density at radius 2 is 0.800 bits per heavy atom. The van der Waals surface area contributed by atoms with Crippen molar-refractivity contribution in [3.63, 3.8) is 0 Å². The highest BCUT2D eigenvalue weighted by atomic mass is 14.5. The van der Waals surface area contributed by atoms with Gasteiger partial charge in [-0.3, -0.25) is 0 Å². The zero-order valence-corrected chi connectivity index (χ0v) is 28.4. The molecule has 0 amide bonds. The summed E-state index contributed by atoms with van der Waals surface area (Å²) < 4.78 is 0. The molecule has 2 aliphatic rings. The molecule has 0 fully saturated rings. The first-order valence-electron chi connectivity index (χ1n) is 16.5. The molecule has 0 aromatic heterocycles. The minimum Gasteiger partial charge on any atom is -0.0645 e. The van der Waals surface area contributed by atoms with Gasteiger partial charge in [-0.25, -0.2) is 0 Å². The predicted molar refractivity (Wildman–Crippen MR) is 197 cm³/mol. The fourth-order valence-corrected chi connectivity index (χ4v) is 9.32. The topological polar surface area (TPSA) is 0 Å². The van der Waals surface area contributed by atoms with Crippen molar-refractivity contribution in [1.82, 2.24) is 0 Å². The van der Waals surface area contributed by atoms with Crippen molar-refractivity contribution in [1.29, 1.82) is 0 Å². The Morgan fingerprint density at radius 3 is 1.29 bits per heavy atom. The quantitative estimate of drug-likeness (QED) is 0.156. The highest BCUT2D eigenvalue weighted by Crippen LogP contribution is 2.59. The van der Waals surface area contributed by atoms with Gasteiger partial charge in [-0.05, 0) is 191 Å². The van der Waals surface area contributed by atoms with E-state index in [0.29, 0.717) is 0 Å². The van der Waals surface area contributed by atoms with Crippen LogP contribution in [-0.2, 0) is 5.41 Å². The van der Waals surface area contributed by atoms with E-state index in [0.717, 1.165) is 0 Å². The maximum absolute atomic E-state index is 2.59. The molecule has 0 radical (unpaired) electrons. The average Bonchev–Trinajstić information content (AvgIpc) is 3.41. The fraction of sp³-hybridized carbons (Fsp3) is 0.244. The van der Waals surface area contributed by atoms with Crippen molar-refractivity contribution in [3.05, 3.63) is 145 Å². The minimum atomic E-state index is -0.402. The Bertz CT molecular complexity index is 2290. The number of hydrogen-bond donors (Lipinski definition) is 0. The Balaban J connectivity index is 1.66. The van der Waals surface area contributed by atoms with E-state index in [2.05, 4.69) is 142 Å². The fourth-order valence-electron chi connectivity index (χ4n) is 9.32. The third-order valence-electron chi connectivity index (χ3n) is 12.4. The SMILES string of the molecule is CC1=C(C)c2c(C)c(C)c(C)c(C)c2C2(C=Cc3c2ccc2c4ccccc4c4ccccc4c32)c2c(C)c(C)c(C)c(C)c21. The standard InChI is InChI=1S/C45H42/c1-23-25(3)31(9)43-40(27(23)5)29(7)30(8)41-28(6)24(2)26(4)32(10)44(41)45(43)22-21-38-39(45)20-19-37-35-17-12-11-15-33(35)34-16-13-14-18-36(34)42(37)38/h11-22H,1-10H3. The van der Waals surface area contributed by atoms with E-state index in [1.54, 1.807) is 0 Å². The second kappa shape index (κ2) is 9.30. The Hall–Kier alpha value is -4.42. The molecule has 0 heterocycles. The first-order chi connectivity index (χ1) is 21.5. The monoisotopic (exact) mass is 582 g/mol. The van der Waals surface area contributed by atoms with Crippen LogP contribution in [0.4, 0.5) is 0 Å². The van der Waals surface area contributed by atoms with Crippen LogP contribution < -0.4 is 0 Å². The van der Waals surface area contributed by atoms with Crippen LogP contribution in [0.5, 0.6) is 0 Å². The highest BCUT2D eigenvalue weighted by Gasteiger charge is 2.47. The zero-order chi connectivity index (χ0) is 31.7. The molecule has 6 aromatic rings. The van der Waals surface area contributed by atoms with Crippen molar-refractivity contribution >= 4 is 49.5 Å². The van der Waals surface area contributed by atoms with E-state index in [1.165, 1.54) is 121 Å². The van der Waals surface area contributed by atoms with Crippen molar-refractivity contribution < 1.29 is 0 Å². The Kier molecular flexibility index (Phi) is 5.80. The van der Waals surface area contributed by atoms with Crippen LogP contribution in [0, 0.1) is 55.4 Å². The van der Waals surface area contributed by atoms with E-state index < -0.39 is 5.41 Å². The van der Waals surface area contributed by atoms with Crippen molar-refractivity contribution in [2.75, 3.05) is 0 Å². The number of allylic oxidation sites excluding steroid dienone is 3. The predicted octanol–water partition coefficient (Wildman–Crippen LogP) is 12.2. The van der Waals surface area contributed by atoms with Crippen molar-refractivity contribution in [2.24, 2.45) is 0 Å². The molecule has 0 aliphatic heterocycles. The van der Waals surface area contributed by atoms with Crippen molar-refractivity contribution in [3.8, 4) is 0 Å². The average molecular weight is 583 g/mol. The molecule has 1 spiro atoms. The number of fused-ring (bicyclic) bond motifs is 13. The van der Waals surface area contributed by atoms with E-state index >= 15 is 0 Å². The van der Waals surface area contributed by atoms with Gasteiger partial charge in [0.25, 0.3) is 0 Å². The van der Waals surface area contributed by atoms with Gasteiger partial charge in [0.15, 0.2) is 0 Å². The molecule has 0 N–H and O–H groups in total. The Labute approximate surface area is 268 Å². The summed E-state index contributed by atoms with van der Waals surface area (Å²) in [6.45, 7) is 23.5. The smallest absolute Gasteiger partial charge is 0.0645 e. The van der Waals surface area contributed by atoms with Gasteiger partial charge >= 0.3 is 0 Å². The van der Waals surface area contributed by atoms with Gasteiger partial charge in [0.2, 0.25) is 0 Å². The van der Waals surface area contributed by atoms with Gasteiger partial charge in [0.05, 0.1) is 5.41 Å². The van der Waals surface area contributed by atoms with E-state index in [4.69, 9.17) is 0 Å². The summed E-state index contributed by atoms with van der Waals surface area (Å²) >= 11 is 0. The molecule has 0 bridgehead atoms.